The highest BCUT2D eigenvalue weighted by molar-refractivity contribution is 5.17. The van der Waals surface area contributed by atoms with Gasteiger partial charge in [0.2, 0.25) is 0 Å². The second-order valence-electron chi connectivity index (χ2n) is 4.15. The van der Waals surface area contributed by atoms with Crippen molar-refractivity contribution < 1.29 is 0 Å². The van der Waals surface area contributed by atoms with E-state index in [1.54, 1.807) is 0 Å². The number of nitrogens with zero attached hydrogens (tertiary/aromatic N) is 3. The Bertz CT molecular complexity index is 475. The standard InChI is InChI=1S/C13H18N4/c1-3-17-10(2)15-16-13(17)12(14)9-11-7-5-4-6-8-11/h4-8,12H,3,9,14H2,1-2H3/t12-/m1/s1. The lowest BCUT2D eigenvalue weighted by molar-refractivity contribution is 0.592. The molecule has 1 atom stereocenters. The van der Waals surface area contributed by atoms with Crippen LogP contribution in [0.15, 0.2) is 30.3 Å². The molecule has 1 heterocycles. The van der Waals surface area contributed by atoms with E-state index >= 15 is 0 Å². The monoisotopic (exact) mass is 230 g/mol. The van der Waals surface area contributed by atoms with Crippen molar-refractivity contribution in [3.63, 3.8) is 0 Å². The van der Waals surface area contributed by atoms with E-state index in [1.807, 2.05) is 25.1 Å². The molecule has 0 saturated carbocycles. The van der Waals surface area contributed by atoms with Crippen molar-refractivity contribution in [1.82, 2.24) is 14.8 Å². The van der Waals surface area contributed by atoms with Gasteiger partial charge in [-0.05, 0) is 25.8 Å². The van der Waals surface area contributed by atoms with Crippen LogP contribution in [0.2, 0.25) is 0 Å². The fourth-order valence-electron chi connectivity index (χ4n) is 2.02. The minimum Gasteiger partial charge on any atom is -0.321 e. The van der Waals surface area contributed by atoms with Crippen molar-refractivity contribution in [2.45, 2.75) is 32.9 Å². The molecule has 0 aliphatic carbocycles. The van der Waals surface area contributed by atoms with E-state index < -0.39 is 0 Å². The van der Waals surface area contributed by atoms with E-state index in [1.165, 1.54) is 5.56 Å². The van der Waals surface area contributed by atoms with Gasteiger partial charge < -0.3 is 10.3 Å². The van der Waals surface area contributed by atoms with Crippen LogP contribution in [0.4, 0.5) is 0 Å². The van der Waals surface area contributed by atoms with Crippen LogP contribution in [0.3, 0.4) is 0 Å². The SMILES string of the molecule is CCn1c(C)nnc1[C@H](N)Cc1ccccc1. The summed E-state index contributed by atoms with van der Waals surface area (Å²) in [6, 6.07) is 10.1. The molecule has 2 N–H and O–H groups in total. The van der Waals surface area contributed by atoms with E-state index in [2.05, 4.69) is 33.8 Å². The van der Waals surface area contributed by atoms with Crippen molar-refractivity contribution in [1.29, 1.82) is 0 Å². The third-order valence-corrected chi connectivity index (χ3v) is 2.91. The highest BCUT2D eigenvalue weighted by Gasteiger charge is 2.15. The van der Waals surface area contributed by atoms with E-state index in [0.29, 0.717) is 0 Å². The summed E-state index contributed by atoms with van der Waals surface area (Å²) in [5.74, 6) is 1.79. The molecule has 0 saturated heterocycles. The van der Waals surface area contributed by atoms with Crippen LogP contribution in [0.1, 0.15) is 30.2 Å². The van der Waals surface area contributed by atoms with Gasteiger partial charge in [0.15, 0.2) is 0 Å². The second-order valence-corrected chi connectivity index (χ2v) is 4.15. The van der Waals surface area contributed by atoms with Gasteiger partial charge in [-0.2, -0.15) is 0 Å². The molecule has 0 aliphatic heterocycles. The fraction of sp³-hybridized carbons (Fsp3) is 0.385. The summed E-state index contributed by atoms with van der Waals surface area (Å²) in [5, 5.41) is 8.25. The summed E-state index contributed by atoms with van der Waals surface area (Å²) in [4.78, 5) is 0. The summed E-state index contributed by atoms with van der Waals surface area (Å²) in [6.45, 7) is 4.89. The Kier molecular flexibility index (Phi) is 3.54. The number of aryl methyl sites for hydroxylation is 1. The van der Waals surface area contributed by atoms with Crippen LogP contribution < -0.4 is 5.73 Å². The van der Waals surface area contributed by atoms with E-state index in [9.17, 15) is 0 Å². The lowest BCUT2D eigenvalue weighted by Gasteiger charge is -2.12. The molecular formula is C13H18N4. The molecule has 17 heavy (non-hydrogen) atoms. The first-order valence-electron chi connectivity index (χ1n) is 5.91. The van der Waals surface area contributed by atoms with Crippen molar-refractivity contribution in [3.05, 3.63) is 47.5 Å². The highest BCUT2D eigenvalue weighted by atomic mass is 15.3. The zero-order valence-electron chi connectivity index (χ0n) is 10.3. The number of benzene rings is 1. The zero-order chi connectivity index (χ0) is 12.3. The van der Waals surface area contributed by atoms with Crippen LogP contribution in [0.25, 0.3) is 0 Å². The number of aromatic nitrogens is 3. The van der Waals surface area contributed by atoms with Crippen molar-refractivity contribution in [2.24, 2.45) is 5.73 Å². The molecule has 0 aliphatic rings. The van der Waals surface area contributed by atoms with E-state index in [-0.39, 0.29) is 6.04 Å². The normalized spacial score (nSPS) is 12.6. The maximum atomic E-state index is 6.19. The third-order valence-electron chi connectivity index (χ3n) is 2.91. The Morgan fingerprint density at radius 2 is 1.94 bits per heavy atom. The van der Waals surface area contributed by atoms with Crippen LogP contribution >= 0.6 is 0 Å². The summed E-state index contributed by atoms with van der Waals surface area (Å²) in [6.07, 6.45) is 0.791. The van der Waals surface area contributed by atoms with Gasteiger partial charge in [-0.1, -0.05) is 30.3 Å². The lowest BCUT2D eigenvalue weighted by atomic mass is 10.1. The van der Waals surface area contributed by atoms with Crippen LogP contribution in [-0.2, 0) is 13.0 Å². The van der Waals surface area contributed by atoms with Gasteiger partial charge >= 0.3 is 0 Å². The molecule has 4 nitrogen and oxygen atoms in total. The molecule has 2 aromatic rings. The molecule has 0 fully saturated rings. The molecule has 0 unspecified atom stereocenters. The summed E-state index contributed by atoms with van der Waals surface area (Å²) in [7, 11) is 0. The first-order chi connectivity index (χ1) is 8.22. The van der Waals surface area contributed by atoms with Gasteiger partial charge in [-0.25, -0.2) is 0 Å². The van der Waals surface area contributed by atoms with Gasteiger partial charge in [0, 0.05) is 6.54 Å². The molecule has 2 rings (SSSR count). The first-order valence-corrected chi connectivity index (χ1v) is 5.91. The summed E-state index contributed by atoms with van der Waals surface area (Å²) >= 11 is 0. The molecular weight excluding hydrogens is 212 g/mol. The largest absolute Gasteiger partial charge is 0.321 e. The van der Waals surface area contributed by atoms with Crippen LogP contribution in [0.5, 0.6) is 0 Å². The Morgan fingerprint density at radius 1 is 1.24 bits per heavy atom. The van der Waals surface area contributed by atoms with Gasteiger partial charge in [-0.3, -0.25) is 0 Å². The number of nitrogens with two attached hydrogens (primary N) is 1. The predicted molar refractivity (Wildman–Crippen MR) is 67.5 cm³/mol. The number of hydrogen-bond donors (Lipinski definition) is 1. The molecule has 0 spiro atoms. The number of hydrogen-bond acceptors (Lipinski definition) is 3. The molecule has 4 heteroatoms. The summed E-state index contributed by atoms with van der Waals surface area (Å²) in [5.41, 5.74) is 7.42. The minimum atomic E-state index is -0.0986. The van der Waals surface area contributed by atoms with Gasteiger partial charge in [0.05, 0.1) is 6.04 Å². The zero-order valence-corrected chi connectivity index (χ0v) is 10.3. The van der Waals surface area contributed by atoms with Gasteiger partial charge in [0.25, 0.3) is 0 Å². The minimum absolute atomic E-state index is 0.0986. The van der Waals surface area contributed by atoms with Crippen molar-refractivity contribution >= 4 is 0 Å². The Labute approximate surface area is 101 Å². The topological polar surface area (TPSA) is 56.7 Å². The number of rotatable bonds is 4. The van der Waals surface area contributed by atoms with E-state index in [0.717, 1.165) is 24.6 Å². The molecule has 1 aromatic heterocycles. The van der Waals surface area contributed by atoms with Crippen LogP contribution in [-0.4, -0.2) is 14.8 Å². The average molecular weight is 230 g/mol. The van der Waals surface area contributed by atoms with Gasteiger partial charge in [0.1, 0.15) is 11.6 Å². The maximum absolute atomic E-state index is 6.19. The molecule has 90 valence electrons. The molecule has 0 amide bonds. The Balaban J connectivity index is 2.17. The average Bonchev–Trinajstić information content (AvgIpc) is 2.71. The predicted octanol–water partition coefficient (Wildman–Crippen LogP) is 1.85. The van der Waals surface area contributed by atoms with Crippen molar-refractivity contribution in [3.8, 4) is 0 Å². The summed E-state index contributed by atoms with van der Waals surface area (Å²) < 4.78 is 2.06. The van der Waals surface area contributed by atoms with Crippen LogP contribution in [0, 0.1) is 6.92 Å². The molecule has 0 radical (unpaired) electrons. The van der Waals surface area contributed by atoms with Crippen molar-refractivity contribution in [2.75, 3.05) is 0 Å². The second kappa shape index (κ2) is 5.10. The third kappa shape index (κ3) is 2.53. The fourth-order valence-corrected chi connectivity index (χ4v) is 2.02. The first kappa shape index (κ1) is 11.8. The molecule has 1 aromatic carbocycles. The smallest absolute Gasteiger partial charge is 0.150 e. The Morgan fingerprint density at radius 3 is 2.59 bits per heavy atom. The highest BCUT2D eigenvalue weighted by Crippen LogP contribution is 2.15. The van der Waals surface area contributed by atoms with E-state index in [4.69, 9.17) is 5.73 Å². The lowest BCUT2D eigenvalue weighted by Crippen LogP contribution is -2.19. The molecule has 0 bridgehead atoms. The van der Waals surface area contributed by atoms with Gasteiger partial charge in [-0.15, -0.1) is 10.2 Å². The Hall–Kier alpha value is -1.68. The maximum Gasteiger partial charge on any atom is 0.150 e. The quantitative estimate of drug-likeness (QED) is 0.872.